The largest absolute Gasteiger partial charge is 0.307 e. The summed E-state index contributed by atoms with van der Waals surface area (Å²) in [6.07, 6.45) is 1.19. The third-order valence-corrected chi connectivity index (χ3v) is 3.22. The Kier molecular flexibility index (Phi) is 3.08. The number of likely N-dealkylation sites (N-methyl/N-ethyl adjacent to an activating group) is 2. The molecule has 1 aliphatic rings. The van der Waals surface area contributed by atoms with Gasteiger partial charge in [-0.15, -0.1) is 0 Å². The zero-order chi connectivity index (χ0) is 10.8. The van der Waals surface area contributed by atoms with Gasteiger partial charge in [0, 0.05) is 19.1 Å². The van der Waals surface area contributed by atoms with Gasteiger partial charge in [-0.25, -0.2) is 0 Å². The van der Waals surface area contributed by atoms with Crippen molar-refractivity contribution in [1.29, 1.82) is 0 Å². The number of benzene rings is 1. The summed E-state index contributed by atoms with van der Waals surface area (Å²) in [7, 11) is 6.51. The van der Waals surface area contributed by atoms with Crippen LogP contribution in [0.5, 0.6) is 0 Å². The SMILES string of the molecule is CN(C)C[C@H]1c2ccccc2CCN1C. The summed E-state index contributed by atoms with van der Waals surface area (Å²) in [4.78, 5) is 4.73. The predicted octanol–water partition coefficient (Wildman–Crippen LogP) is 1.78. The molecule has 0 saturated heterocycles. The number of hydrogen-bond donors (Lipinski definition) is 0. The van der Waals surface area contributed by atoms with Gasteiger partial charge in [-0.1, -0.05) is 24.3 Å². The Morgan fingerprint density at radius 1 is 1.33 bits per heavy atom. The topological polar surface area (TPSA) is 6.48 Å². The summed E-state index contributed by atoms with van der Waals surface area (Å²) in [6.45, 7) is 2.28. The minimum atomic E-state index is 0.560. The van der Waals surface area contributed by atoms with E-state index in [1.165, 1.54) is 24.1 Å². The summed E-state index contributed by atoms with van der Waals surface area (Å²) in [6, 6.07) is 9.41. The average Bonchev–Trinajstić information content (AvgIpc) is 2.22. The van der Waals surface area contributed by atoms with E-state index in [0.29, 0.717) is 6.04 Å². The van der Waals surface area contributed by atoms with Crippen LogP contribution in [0, 0.1) is 0 Å². The normalized spacial score (nSPS) is 21.7. The molecule has 2 heteroatoms. The van der Waals surface area contributed by atoms with Gasteiger partial charge in [0.05, 0.1) is 0 Å². The molecule has 1 aliphatic heterocycles. The van der Waals surface area contributed by atoms with E-state index in [1.807, 2.05) is 0 Å². The molecular weight excluding hydrogens is 184 g/mol. The quantitative estimate of drug-likeness (QED) is 0.724. The smallest absolute Gasteiger partial charge is 0.0474 e. The maximum absolute atomic E-state index is 2.46. The maximum Gasteiger partial charge on any atom is 0.0474 e. The number of fused-ring (bicyclic) bond motifs is 1. The van der Waals surface area contributed by atoms with Crippen LogP contribution in [0.2, 0.25) is 0 Å². The second kappa shape index (κ2) is 4.33. The summed E-state index contributed by atoms with van der Waals surface area (Å²) in [5.74, 6) is 0. The summed E-state index contributed by atoms with van der Waals surface area (Å²) in [5.41, 5.74) is 3.04. The fourth-order valence-corrected chi connectivity index (χ4v) is 2.36. The van der Waals surface area contributed by atoms with Gasteiger partial charge >= 0.3 is 0 Å². The van der Waals surface area contributed by atoms with Crippen molar-refractivity contribution >= 4 is 0 Å². The second-order valence-corrected chi connectivity index (χ2v) is 4.71. The van der Waals surface area contributed by atoms with E-state index in [-0.39, 0.29) is 0 Å². The second-order valence-electron chi connectivity index (χ2n) is 4.71. The number of rotatable bonds is 2. The molecule has 2 nitrogen and oxygen atoms in total. The molecule has 1 heterocycles. The Hall–Kier alpha value is -0.860. The molecule has 0 fully saturated rings. The van der Waals surface area contributed by atoms with Crippen LogP contribution in [0.3, 0.4) is 0 Å². The lowest BCUT2D eigenvalue weighted by Crippen LogP contribution is -2.37. The van der Waals surface area contributed by atoms with Crippen molar-refractivity contribution in [3.63, 3.8) is 0 Å². The summed E-state index contributed by atoms with van der Waals surface area (Å²) in [5, 5.41) is 0. The van der Waals surface area contributed by atoms with Crippen molar-refractivity contribution in [2.45, 2.75) is 12.5 Å². The molecule has 0 bridgehead atoms. The number of nitrogens with zero attached hydrogens (tertiary/aromatic N) is 2. The lowest BCUT2D eigenvalue weighted by Gasteiger charge is -2.36. The fourth-order valence-electron chi connectivity index (χ4n) is 2.36. The van der Waals surface area contributed by atoms with Crippen molar-refractivity contribution in [2.24, 2.45) is 0 Å². The first-order valence-corrected chi connectivity index (χ1v) is 5.61. The Labute approximate surface area is 92.5 Å². The molecule has 0 aromatic heterocycles. The van der Waals surface area contributed by atoms with E-state index in [0.717, 1.165) is 6.54 Å². The van der Waals surface area contributed by atoms with Gasteiger partial charge in [-0.2, -0.15) is 0 Å². The van der Waals surface area contributed by atoms with Crippen LogP contribution >= 0.6 is 0 Å². The molecule has 0 saturated carbocycles. The highest BCUT2D eigenvalue weighted by molar-refractivity contribution is 5.32. The Bertz CT molecular complexity index is 333. The van der Waals surface area contributed by atoms with Crippen LogP contribution in [0.15, 0.2) is 24.3 Å². The van der Waals surface area contributed by atoms with Crippen LogP contribution in [-0.2, 0) is 6.42 Å². The van der Waals surface area contributed by atoms with Gasteiger partial charge < -0.3 is 4.90 Å². The first-order chi connectivity index (χ1) is 7.18. The third-order valence-electron chi connectivity index (χ3n) is 3.22. The van der Waals surface area contributed by atoms with Crippen molar-refractivity contribution in [3.05, 3.63) is 35.4 Å². The van der Waals surface area contributed by atoms with Crippen LogP contribution in [0.25, 0.3) is 0 Å². The lowest BCUT2D eigenvalue weighted by atomic mass is 9.93. The Balaban J connectivity index is 2.28. The van der Waals surface area contributed by atoms with E-state index in [2.05, 4.69) is 55.2 Å². The zero-order valence-corrected chi connectivity index (χ0v) is 9.90. The first kappa shape index (κ1) is 10.7. The summed E-state index contributed by atoms with van der Waals surface area (Å²) < 4.78 is 0. The highest BCUT2D eigenvalue weighted by Crippen LogP contribution is 2.28. The highest BCUT2D eigenvalue weighted by Gasteiger charge is 2.24. The minimum absolute atomic E-state index is 0.560. The van der Waals surface area contributed by atoms with Gasteiger partial charge in [0.2, 0.25) is 0 Å². The van der Waals surface area contributed by atoms with Crippen LogP contribution < -0.4 is 0 Å². The molecule has 82 valence electrons. The van der Waals surface area contributed by atoms with Crippen molar-refractivity contribution in [2.75, 3.05) is 34.2 Å². The van der Waals surface area contributed by atoms with Crippen molar-refractivity contribution in [1.82, 2.24) is 9.80 Å². The zero-order valence-electron chi connectivity index (χ0n) is 9.90. The van der Waals surface area contributed by atoms with E-state index >= 15 is 0 Å². The summed E-state index contributed by atoms with van der Waals surface area (Å²) >= 11 is 0. The van der Waals surface area contributed by atoms with Gasteiger partial charge in [-0.3, -0.25) is 4.90 Å². The minimum Gasteiger partial charge on any atom is -0.307 e. The van der Waals surface area contributed by atoms with E-state index in [4.69, 9.17) is 0 Å². The third kappa shape index (κ3) is 2.21. The molecule has 1 aromatic rings. The lowest BCUT2D eigenvalue weighted by molar-refractivity contribution is 0.186. The Morgan fingerprint density at radius 3 is 2.80 bits per heavy atom. The predicted molar refractivity (Wildman–Crippen MR) is 64.1 cm³/mol. The van der Waals surface area contributed by atoms with Crippen molar-refractivity contribution < 1.29 is 0 Å². The van der Waals surface area contributed by atoms with Gasteiger partial charge in [-0.05, 0) is 38.7 Å². The monoisotopic (exact) mass is 204 g/mol. The molecule has 0 spiro atoms. The molecule has 0 unspecified atom stereocenters. The van der Waals surface area contributed by atoms with E-state index in [9.17, 15) is 0 Å². The van der Waals surface area contributed by atoms with Crippen LogP contribution in [0.4, 0.5) is 0 Å². The molecule has 0 radical (unpaired) electrons. The highest BCUT2D eigenvalue weighted by atomic mass is 15.2. The number of hydrogen-bond acceptors (Lipinski definition) is 2. The fraction of sp³-hybridized carbons (Fsp3) is 0.538. The molecule has 0 aliphatic carbocycles. The van der Waals surface area contributed by atoms with Crippen LogP contribution in [0.1, 0.15) is 17.2 Å². The maximum atomic E-state index is 2.46. The van der Waals surface area contributed by atoms with Crippen LogP contribution in [-0.4, -0.2) is 44.0 Å². The van der Waals surface area contributed by atoms with Gasteiger partial charge in [0.25, 0.3) is 0 Å². The first-order valence-electron chi connectivity index (χ1n) is 5.61. The van der Waals surface area contributed by atoms with E-state index in [1.54, 1.807) is 0 Å². The molecular formula is C13H20N2. The standard InChI is InChI=1S/C13H20N2/c1-14(2)10-13-12-7-5-4-6-11(12)8-9-15(13)3/h4-7,13H,8-10H2,1-3H3/t13-/m0/s1. The molecule has 1 atom stereocenters. The Morgan fingerprint density at radius 2 is 2.07 bits per heavy atom. The van der Waals surface area contributed by atoms with Gasteiger partial charge in [0.1, 0.15) is 0 Å². The average molecular weight is 204 g/mol. The molecule has 0 N–H and O–H groups in total. The molecule has 15 heavy (non-hydrogen) atoms. The van der Waals surface area contributed by atoms with E-state index < -0.39 is 0 Å². The molecule has 0 amide bonds. The van der Waals surface area contributed by atoms with Gasteiger partial charge in [0.15, 0.2) is 0 Å². The molecule has 1 aromatic carbocycles. The van der Waals surface area contributed by atoms with Crippen molar-refractivity contribution in [3.8, 4) is 0 Å². The molecule has 2 rings (SSSR count).